The monoisotopic (exact) mass is 233 g/mol. The molecule has 0 saturated heterocycles. The maximum absolute atomic E-state index is 13.7. The van der Waals surface area contributed by atoms with Gasteiger partial charge in [-0.25, -0.2) is 8.78 Å². The van der Waals surface area contributed by atoms with Gasteiger partial charge < -0.3 is 5.73 Å². The highest BCUT2D eigenvalue weighted by Gasteiger charge is 2.11. The molecule has 88 valence electrons. The fourth-order valence-electron chi connectivity index (χ4n) is 1.87. The van der Waals surface area contributed by atoms with Crippen molar-refractivity contribution in [3.63, 3.8) is 0 Å². The minimum absolute atomic E-state index is 0.283. The Kier molecular flexibility index (Phi) is 3.20. The summed E-state index contributed by atoms with van der Waals surface area (Å²) in [5, 5.41) is 0. The van der Waals surface area contributed by atoms with Gasteiger partial charge in [0.05, 0.1) is 0 Å². The Bertz CT molecular complexity index is 550. The number of hydrogen-bond donors (Lipinski definition) is 1. The summed E-state index contributed by atoms with van der Waals surface area (Å²) in [6, 6.07) is 9.68. The normalized spacial score (nSPS) is 10.6. The average molecular weight is 233 g/mol. The van der Waals surface area contributed by atoms with Gasteiger partial charge in [-0.3, -0.25) is 0 Å². The van der Waals surface area contributed by atoms with Crippen LogP contribution in [0, 0.1) is 18.6 Å². The Hall–Kier alpha value is -1.74. The number of benzene rings is 2. The molecule has 2 aromatic rings. The summed E-state index contributed by atoms with van der Waals surface area (Å²) in [7, 11) is 0. The van der Waals surface area contributed by atoms with Crippen molar-refractivity contribution in [1.82, 2.24) is 0 Å². The topological polar surface area (TPSA) is 26.0 Å². The van der Waals surface area contributed by atoms with Gasteiger partial charge in [-0.1, -0.05) is 30.3 Å². The standard InChI is InChI=1S/C14H13F2N/c1-9-7-10(8-17)5-6-11(9)12-3-2-4-13(15)14(12)16/h2-7H,8,17H2,1H3. The van der Waals surface area contributed by atoms with E-state index in [-0.39, 0.29) is 5.56 Å². The predicted molar refractivity (Wildman–Crippen MR) is 64.4 cm³/mol. The fraction of sp³-hybridized carbons (Fsp3) is 0.143. The Balaban J connectivity index is 2.57. The first kappa shape index (κ1) is 11.7. The van der Waals surface area contributed by atoms with Crippen LogP contribution < -0.4 is 5.73 Å². The van der Waals surface area contributed by atoms with Crippen LogP contribution in [-0.2, 0) is 6.54 Å². The molecule has 0 aliphatic heterocycles. The zero-order valence-electron chi connectivity index (χ0n) is 9.50. The molecule has 0 atom stereocenters. The van der Waals surface area contributed by atoms with Crippen molar-refractivity contribution < 1.29 is 8.78 Å². The second kappa shape index (κ2) is 4.63. The van der Waals surface area contributed by atoms with E-state index in [0.717, 1.165) is 17.2 Å². The van der Waals surface area contributed by atoms with Crippen molar-refractivity contribution >= 4 is 0 Å². The zero-order valence-corrected chi connectivity index (χ0v) is 9.50. The third kappa shape index (κ3) is 2.19. The average Bonchev–Trinajstić information content (AvgIpc) is 2.33. The summed E-state index contributed by atoms with van der Waals surface area (Å²) < 4.78 is 26.8. The van der Waals surface area contributed by atoms with Crippen LogP contribution in [0.3, 0.4) is 0 Å². The molecule has 17 heavy (non-hydrogen) atoms. The quantitative estimate of drug-likeness (QED) is 0.845. The second-order valence-electron chi connectivity index (χ2n) is 3.95. The van der Waals surface area contributed by atoms with E-state index < -0.39 is 11.6 Å². The van der Waals surface area contributed by atoms with E-state index in [1.807, 2.05) is 19.1 Å². The summed E-state index contributed by atoms with van der Waals surface area (Å²) in [6.07, 6.45) is 0. The van der Waals surface area contributed by atoms with Crippen LogP contribution in [0.25, 0.3) is 11.1 Å². The third-order valence-electron chi connectivity index (χ3n) is 2.77. The van der Waals surface area contributed by atoms with Crippen LogP contribution in [0.15, 0.2) is 36.4 Å². The molecule has 0 saturated carbocycles. The van der Waals surface area contributed by atoms with Gasteiger partial charge in [0.2, 0.25) is 0 Å². The zero-order chi connectivity index (χ0) is 12.4. The van der Waals surface area contributed by atoms with Gasteiger partial charge in [0.15, 0.2) is 11.6 Å². The van der Waals surface area contributed by atoms with Crippen LogP contribution >= 0.6 is 0 Å². The number of nitrogens with two attached hydrogens (primary N) is 1. The molecule has 0 amide bonds. The van der Waals surface area contributed by atoms with Gasteiger partial charge in [0.25, 0.3) is 0 Å². The molecule has 0 aliphatic carbocycles. The van der Waals surface area contributed by atoms with Crippen molar-refractivity contribution in [1.29, 1.82) is 0 Å². The van der Waals surface area contributed by atoms with Gasteiger partial charge in [0.1, 0.15) is 0 Å². The fourth-order valence-corrected chi connectivity index (χ4v) is 1.87. The molecule has 0 unspecified atom stereocenters. The van der Waals surface area contributed by atoms with E-state index in [4.69, 9.17) is 5.73 Å². The van der Waals surface area contributed by atoms with Gasteiger partial charge in [-0.15, -0.1) is 0 Å². The number of aryl methyl sites for hydroxylation is 1. The first-order valence-corrected chi connectivity index (χ1v) is 5.37. The summed E-state index contributed by atoms with van der Waals surface area (Å²) in [5.74, 6) is -1.64. The van der Waals surface area contributed by atoms with Crippen molar-refractivity contribution in [2.45, 2.75) is 13.5 Å². The second-order valence-corrected chi connectivity index (χ2v) is 3.95. The SMILES string of the molecule is Cc1cc(CN)ccc1-c1cccc(F)c1F. The van der Waals surface area contributed by atoms with Crippen LogP contribution in [-0.4, -0.2) is 0 Å². The van der Waals surface area contributed by atoms with Crippen LogP contribution in [0.4, 0.5) is 8.78 Å². The maximum Gasteiger partial charge on any atom is 0.166 e. The molecule has 0 aromatic heterocycles. The lowest BCUT2D eigenvalue weighted by Gasteiger charge is -2.09. The van der Waals surface area contributed by atoms with E-state index in [1.165, 1.54) is 6.07 Å². The highest BCUT2D eigenvalue weighted by molar-refractivity contribution is 5.68. The minimum Gasteiger partial charge on any atom is -0.326 e. The molecule has 0 aliphatic rings. The largest absolute Gasteiger partial charge is 0.326 e. The van der Waals surface area contributed by atoms with Gasteiger partial charge in [0, 0.05) is 12.1 Å². The third-order valence-corrected chi connectivity index (χ3v) is 2.77. The molecule has 3 heteroatoms. The lowest BCUT2D eigenvalue weighted by molar-refractivity contribution is 0.511. The Morgan fingerprint density at radius 1 is 1.06 bits per heavy atom. The van der Waals surface area contributed by atoms with E-state index in [1.54, 1.807) is 12.1 Å². The number of rotatable bonds is 2. The Labute approximate surface area is 98.9 Å². The first-order valence-electron chi connectivity index (χ1n) is 5.37. The molecule has 0 fully saturated rings. The molecule has 2 N–H and O–H groups in total. The molecular weight excluding hydrogens is 220 g/mol. The van der Waals surface area contributed by atoms with Gasteiger partial charge in [-0.2, -0.15) is 0 Å². The molecule has 0 bridgehead atoms. The van der Waals surface area contributed by atoms with Gasteiger partial charge in [-0.05, 0) is 29.7 Å². The van der Waals surface area contributed by atoms with Crippen LogP contribution in [0.2, 0.25) is 0 Å². The lowest BCUT2D eigenvalue weighted by Crippen LogP contribution is -1.98. The van der Waals surface area contributed by atoms with E-state index in [0.29, 0.717) is 12.1 Å². The van der Waals surface area contributed by atoms with Crippen molar-refractivity contribution in [2.24, 2.45) is 5.73 Å². The molecule has 0 radical (unpaired) electrons. The van der Waals surface area contributed by atoms with Crippen molar-refractivity contribution in [3.8, 4) is 11.1 Å². The minimum atomic E-state index is -0.829. The summed E-state index contributed by atoms with van der Waals surface area (Å²) in [5.41, 5.74) is 8.37. The highest BCUT2D eigenvalue weighted by Crippen LogP contribution is 2.27. The molecule has 2 aromatic carbocycles. The first-order chi connectivity index (χ1) is 8.13. The van der Waals surface area contributed by atoms with Crippen LogP contribution in [0.5, 0.6) is 0 Å². The lowest BCUT2D eigenvalue weighted by atomic mass is 9.98. The van der Waals surface area contributed by atoms with E-state index >= 15 is 0 Å². The number of halogens is 2. The maximum atomic E-state index is 13.7. The molecule has 0 spiro atoms. The Morgan fingerprint density at radius 3 is 2.47 bits per heavy atom. The smallest absolute Gasteiger partial charge is 0.166 e. The molecule has 0 heterocycles. The van der Waals surface area contributed by atoms with Crippen LogP contribution in [0.1, 0.15) is 11.1 Å². The molecule has 2 rings (SSSR count). The summed E-state index contributed by atoms with van der Waals surface area (Å²) in [4.78, 5) is 0. The summed E-state index contributed by atoms with van der Waals surface area (Å²) in [6.45, 7) is 2.30. The van der Waals surface area contributed by atoms with Gasteiger partial charge >= 0.3 is 0 Å². The van der Waals surface area contributed by atoms with E-state index in [2.05, 4.69) is 0 Å². The van der Waals surface area contributed by atoms with Crippen molar-refractivity contribution in [3.05, 3.63) is 59.2 Å². The predicted octanol–water partition coefficient (Wildman–Crippen LogP) is 3.40. The van der Waals surface area contributed by atoms with Crippen molar-refractivity contribution in [2.75, 3.05) is 0 Å². The highest BCUT2D eigenvalue weighted by atomic mass is 19.2. The number of hydrogen-bond acceptors (Lipinski definition) is 1. The Morgan fingerprint density at radius 2 is 1.82 bits per heavy atom. The summed E-state index contributed by atoms with van der Waals surface area (Å²) >= 11 is 0. The molecule has 1 nitrogen and oxygen atoms in total. The molecular formula is C14H13F2N. The van der Waals surface area contributed by atoms with E-state index in [9.17, 15) is 8.78 Å².